The second kappa shape index (κ2) is 7.15. The molecule has 0 radical (unpaired) electrons. The number of amides is 2. The fraction of sp³-hybridized carbons (Fsp3) is 0.136. The van der Waals surface area contributed by atoms with Gasteiger partial charge in [0.25, 0.3) is 5.91 Å². The van der Waals surface area contributed by atoms with Crippen molar-refractivity contribution in [1.82, 2.24) is 19.8 Å². The van der Waals surface area contributed by atoms with Crippen molar-refractivity contribution in [3.63, 3.8) is 0 Å². The Hall–Kier alpha value is -3.67. The molecule has 6 heteroatoms. The van der Waals surface area contributed by atoms with Gasteiger partial charge in [-0.3, -0.25) is 14.5 Å². The number of carbonyl (C=O) groups is 2. The zero-order valence-corrected chi connectivity index (χ0v) is 15.5. The van der Waals surface area contributed by atoms with E-state index in [-0.39, 0.29) is 24.4 Å². The van der Waals surface area contributed by atoms with E-state index >= 15 is 0 Å². The summed E-state index contributed by atoms with van der Waals surface area (Å²) in [7, 11) is 0. The molecule has 0 fully saturated rings. The van der Waals surface area contributed by atoms with Gasteiger partial charge in [-0.15, -0.1) is 0 Å². The first-order valence-electron chi connectivity index (χ1n) is 9.02. The monoisotopic (exact) mass is 372 g/mol. The molecule has 3 aromatic rings. The van der Waals surface area contributed by atoms with Gasteiger partial charge in [-0.2, -0.15) is 0 Å². The number of nitrogens with one attached hydrogen (secondary N) is 1. The van der Waals surface area contributed by atoms with E-state index in [1.807, 2.05) is 60.2 Å². The first-order chi connectivity index (χ1) is 13.5. The Labute approximate surface area is 163 Å². The number of hydrogen-bond donors (Lipinski definition) is 1. The summed E-state index contributed by atoms with van der Waals surface area (Å²) in [6, 6.07) is 15.0. The summed E-state index contributed by atoms with van der Waals surface area (Å²) in [5.74, 6) is -0.415. The van der Waals surface area contributed by atoms with Crippen molar-refractivity contribution in [2.75, 3.05) is 6.54 Å². The Morgan fingerprint density at radius 3 is 2.50 bits per heavy atom. The van der Waals surface area contributed by atoms with E-state index in [4.69, 9.17) is 0 Å². The minimum Gasteiger partial charge on any atom is -0.348 e. The number of imidazole rings is 1. The third-order valence-corrected chi connectivity index (χ3v) is 4.91. The largest absolute Gasteiger partial charge is 0.348 e. The average molecular weight is 372 g/mol. The summed E-state index contributed by atoms with van der Waals surface area (Å²) < 4.78 is 1.91. The number of carbonyl (C=O) groups excluding carboxylic acids is 2. The van der Waals surface area contributed by atoms with Crippen LogP contribution >= 0.6 is 0 Å². The van der Waals surface area contributed by atoms with Crippen LogP contribution < -0.4 is 5.32 Å². The Balaban J connectivity index is 1.40. The highest BCUT2D eigenvalue weighted by Gasteiger charge is 2.32. The molecule has 140 valence electrons. The molecule has 2 amide bonds. The highest BCUT2D eigenvalue weighted by Crippen LogP contribution is 2.30. The second-order valence-electron chi connectivity index (χ2n) is 6.73. The lowest BCUT2D eigenvalue weighted by atomic mass is 10.1. The van der Waals surface area contributed by atoms with Gasteiger partial charge in [0.1, 0.15) is 6.54 Å². The Morgan fingerprint density at radius 2 is 1.86 bits per heavy atom. The van der Waals surface area contributed by atoms with Crippen LogP contribution in [0.3, 0.4) is 0 Å². The third-order valence-electron chi connectivity index (χ3n) is 4.91. The summed E-state index contributed by atoms with van der Waals surface area (Å²) in [6.45, 7) is 5.83. The van der Waals surface area contributed by atoms with Crippen LogP contribution in [0.1, 0.15) is 34.5 Å². The maximum absolute atomic E-state index is 12.5. The molecule has 6 nitrogen and oxygen atoms in total. The molecule has 0 bridgehead atoms. The van der Waals surface area contributed by atoms with E-state index in [0.717, 1.165) is 16.8 Å². The predicted molar refractivity (Wildman–Crippen MR) is 107 cm³/mol. The minimum atomic E-state index is -0.228. The molecule has 1 unspecified atom stereocenters. The van der Waals surface area contributed by atoms with Crippen LogP contribution in [0.5, 0.6) is 0 Å². The standard InChI is InChI=1S/C22H20N4O2/c1-15(17-7-9-18(10-8-17)25-12-11-23-14-25)24-21(27)13-26-16(2)19-5-3-4-6-20(19)22(26)28/h3-12,14-15H,2,13H2,1H3,(H,24,27). The summed E-state index contributed by atoms with van der Waals surface area (Å²) >= 11 is 0. The molecule has 1 aliphatic heterocycles. The van der Waals surface area contributed by atoms with E-state index in [1.165, 1.54) is 4.90 Å². The molecule has 0 saturated carbocycles. The van der Waals surface area contributed by atoms with Gasteiger partial charge in [0.05, 0.1) is 12.4 Å². The molecule has 28 heavy (non-hydrogen) atoms. The fourth-order valence-electron chi connectivity index (χ4n) is 3.36. The second-order valence-corrected chi connectivity index (χ2v) is 6.73. The molecule has 0 aliphatic carbocycles. The molecule has 2 aromatic carbocycles. The lowest BCUT2D eigenvalue weighted by Crippen LogP contribution is -2.37. The van der Waals surface area contributed by atoms with Gasteiger partial charge >= 0.3 is 0 Å². The normalized spacial score (nSPS) is 14.1. The number of benzene rings is 2. The van der Waals surface area contributed by atoms with Crippen molar-refractivity contribution >= 4 is 17.5 Å². The predicted octanol–water partition coefficient (Wildman–Crippen LogP) is 3.18. The van der Waals surface area contributed by atoms with E-state index in [1.54, 1.807) is 18.6 Å². The van der Waals surface area contributed by atoms with Gasteiger partial charge < -0.3 is 9.88 Å². The first-order valence-corrected chi connectivity index (χ1v) is 9.02. The van der Waals surface area contributed by atoms with E-state index < -0.39 is 0 Å². The van der Waals surface area contributed by atoms with Crippen molar-refractivity contribution in [2.45, 2.75) is 13.0 Å². The van der Waals surface area contributed by atoms with Crippen molar-refractivity contribution in [3.05, 3.63) is 90.5 Å². The molecular weight excluding hydrogens is 352 g/mol. The quantitative estimate of drug-likeness (QED) is 0.748. The maximum atomic E-state index is 12.5. The number of rotatable bonds is 5. The molecule has 0 spiro atoms. The highest BCUT2D eigenvalue weighted by molar-refractivity contribution is 6.10. The van der Waals surface area contributed by atoms with Gasteiger partial charge in [0.2, 0.25) is 5.91 Å². The third kappa shape index (κ3) is 3.20. The highest BCUT2D eigenvalue weighted by atomic mass is 16.2. The maximum Gasteiger partial charge on any atom is 0.259 e. The summed E-state index contributed by atoms with van der Waals surface area (Å²) in [4.78, 5) is 30.5. The van der Waals surface area contributed by atoms with Crippen molar-refractivity contribution in [2.24, 2.45) is 0 Å². The lowest BCUT2D eigenvalue weighted by molar-refractivity contribution is -0.121. The van der Waals surface area contributed by atoms with Crippen molar-refractivity contribution in [3.8, 4) is 5.69 Å². The Kier molecular flexibility index (Phi) is 4.53. The molecular formula is C22H20N4O2. The van der Waals surface area contributed by atoms with Crippen molar-refractivity contribution < 1.29 is 9.59 Å². The first kappa shape index (κ1) is 17.7. The fourth-order valence-corrected chi connectivity index (χ4v) is 3.36. The van der Waals surface area contributed by atoms with Crippen LogP contribution in [0.25, 0.3) is 11.4 Å². The summed E-state index contributed by atoms with van der Waals surface area (Å²) in [5, 5.41) is 2.95. The number of nitrogens with zero attached hydrogens (tertiary/aromatic N) is 3. The smallest absolute Gasteiger partial charge is 0.259 e. The molecule has 1 aromatic heterocycles. The van der Waals surface area contributed by atoms with Crippen LogP contribution in [0.15, 0.2) is 73.8 Å². The molecule has 4 rings (SSSR count). The van der Waals surface area contributed by atoms with Gasteiger partial charge in [-0.25, -0.2) is 4.98 Å². The molecule has 1 aliphatic rings. The molecule has 1 atom stereocenters. The van der Waals surface area contributed by atoms with Crippen LogP contribution in [0.4, 0.5) is 0 Å². The number of aromatic nitrogens is 2. The van der Waals surface area contributed by atoms with E-state index in [0.29, 0.717) is 11.3 Å². The minimum absolute atomic E-state index is 0.0518. The van der Waals surface area contributed by atoms with Crippen molar-refractivity contribution in [1.29, 1.82) is 0 Å². The topological polar surface area (TPSA) is 67.2 Å². The van der Waals surface area contributed by atoms with E-state index in [9.17, 15) is 9.59 Å². The van der Waals surface area contributed by atoms with Gasteiger partial charge in [-0.1, -0.05) is 36.9 Å². The summed E-state index contributed by atoms with van der Waals surface area (Å²) in [6.07, 6.45) is 5.33. The summed E-state index contributed by atoms with van der Waals surface area (Å²) in [5.41, 5.74) is 3.91. The van der Waals surface area contributed by atoms with Crippen LogP contribution in [-0.4, -0.2) is 32.8 Å². The van der Waals surface area contributed by atoms with Gasteiger partial charge in [0, 0.05) is 34.9 Å². The molecule has 1 N–H and O–H groups in total. The Bertz CT molecular complexity index is 1000. The zero-order chi connectivity index (χ0) is 19.7. The van der Waals surface area contributed by atoms with Crippen LogP contribution in [-0.2, 0) is 4.79 Å². The zero-order valence-electron chi connectivity index (χ0n) is 15.5. The Morgan fingerprint density at radius 1 is 1.14 bits per heavy atom. The lowest BCUT2D eigenvalue weighted by Gasteiger charge is -2.20. The van der Waals surface area contributed by atoms with Gasteiger partial charge in [-0.05, 0) is 30.7 Å². The SMILES string of the molecule is C=C1c2ccccc2C(=O)N1CC(=O)NC(C)c1ccc(-n2ccnc2)cc1. The number of hydrogen-bond acceptors (Lipinski definition) is 3. The van der Waals surface area contributed by atoms with E-state index in [2.05, 4.69) is 16.9 Å². The average Bonchev–Trinajstić information content (AvgIpc) is 3.32. The van der Waals surface area contributed by atoms with Crippen LogP contribution in [0.2, 0.25) is 0 Å². The molecule has 0 saturated heterocycles. The van der Waals surface area contributed by atoms with Crippen LogP contribution in [0, 0.1) is 0 Å². The number of fused-ring (bicyclic) bond motifs is 1. The van der Waals surface area contributed by atoms with Gasteiger partial charge in [0.15, 0.2) is 0 Å². The molecule has 2 heterocycles.